The average molecular weight is 241 g/mol. The van der Waals surface area contributed by atoms with Gasteiger partial charge in [-0.1, -0.05) is 0 Å². The first-order valence-corrected chi connectivity index (χ1v) is 5.58. The van der Waals surface area contributed by atoms with Gasteiger partial charge in [0, 0.05) is 38.4 Å². The smallest absolute Gasteiger partial charge is 0.132 e. The maximum absolute atomic E-state index is 8.95. The standard InChI is InChI=1S/C11H19N3O3/c1-17-7-2-10-8-11(13-9-12-10)14(3-5-15)4-6-16/h8-9,15-16H,2-7H2,1H3. The van der Waals surface area contributed by atoms with E-state index in [1.165, 1.54) is 6.33 Å². The summed E-state index contributed by atoms with van der Waals surface area (Å²) in [7, 11) is 1.64. The van der Waals surface area contributed by atoms with E-state index < -0.39 is 0 Å². The van der Waals surface area contributed by atoms with Gasteiger partial charge in [-0.2, -0.15) is 0 Å². The summed E-state index contributed by atoms with van der Waals surface area (Å²) < 4.78 is 4.99. The van der Waals surface area contributed by atoms with Crippen molar-refractivity contribution in [2.75, 3.05) is 44.9 Å². The molecule has 0 aliphatic heterocycles. The maximum Gasteiger partial charge on any atom is 0.132 e. The Morgan fingerprint density at radius 3 is 2.53 bits per heavy atom. The van der Waals surface area contributed by atoms with E-state index in [1.807, 2.05) is 11.0 Å². The van der Waals surface area contributed by atoms with Crippen molar-refractivity contribution in [2.24, 2.45) is 0 Å². The van der Waals surface area contributed by atoms with Crippen molar-refractivity contribution in [1.29, 1.82) is 0 Å². The van der Waals surface area contributed by atoms with Crippen LogP contribution in [0.4, 0.5) is 5.82 Å². The largest absolute Gasteiger partial charge is 0.395 e. The monoisotopic (exact) mass is 241 g/mol. The lowest BCUT2D eigenvalue weighted by atomic mass is 10.3. The van der Waals surface area contributed by atoms with Crippen molar-refractivity contribution < 1.29 is 14.9 Å². The fraction of sp³-hybridized carbons (Fsp3) is 0.636. The molecule has 2 N–H and O–H groups in total. The molecule has 6 heteroatoms. The van der Waals surface area contributed by atoms with E-state index in [2.05, 4.69) is 9.97 Å². The van der Waals surface area contributed by atoms with Gasteiger partial charge in [-0.3, -0.25) is 0 Å². The molecule has 0 aromatic carbocycles. The fourth-order valence-corrected chi connectivity index (χ4v) is 1.48. The highest BCUT2D eigenvalue weighted by atomic mass is 16.5. The van der Waals surface area contributed by atoms with Gasteiger partial charge < -0.3 is 19.8 Å². The van der Waals surface area contributed by atoms with Crippen LogP contribution in [0.15, 0.2) is 12.4 Å². The second-order valence-electron chi connectivity index (χ2n) is 3.54. The van der Waals surface area contributed by atoms with Gasteiger partial charge in [0.25, 0.3) is 0 Å². The molecular formula is C11H19N3O3. The molecule has 0 spiro atoms. The second kappa shape index (κ2) is 7.94. The summed E-state index contributed by atoms with van der Waals surface area (Å²) in [5.41, 5.74) is 0.887. The Hall–Kier alpha value is -1.24. The number of anilines is 1. The zero-order valence-electron chi connectivity index (χ0n) is 10.0. The summed E-state index contributed by atoms with van der Waals surface area (Å²) in [6.07, 6.45) is 2.21. The molecule has 0 atom stereocenters. The zero-order chi connectivity index (χ0) is 12.5. The summed E-state index contributed by atoms with van der Waals surface area (Å²) in [5.74, 6) is 0.717. The van der Waals surface area contributed by atoms with Crippen LogP contribution < -0.4 is 4.90 Å². The van der Waals surface area contributed by atoms with Crippen molar-refractivity contribution in [2.45, 2.75) is 6.42 Å². The third-order valence-electron chi connectivity index (χ3n) is 2.34. The van der Waals surface area contributed by atoms with Crippen LogP contribution in [0.5, 0.6) is 0 Å². The first kappa shape index (κ1) is 13.8. The lowest BCUT2D eigenvalue weighted by Gasteiger charge is -2.21. The number of aromatic nitrogens is 2. The quantitative estimate of drug-likeness (QED) is 0.636. The predicted molar refractivity (Wildman–Crippen MR) is 64.0 cm³/mol. The molecule has 0 fully saturated rings. The first-order chi connectivity index (χ1) is 8.31. The van der Waals surface area contributed by atoms with Crippen molar-refractivity contribution in [1.82, 2.24) is 9.97 Å². The normalized spacial score (nSPS) is 10.5. The van der Waals surface area contributed by atoms with Crippen molar-refractivity contribution in [3.05, 3.63) is 18.1 Å². The van der Waals surface area contributed by atoms with Crippen LogP contribution >= 0.6 is 0 Å². The van der Waals surface area contributed by atoms with Crippen LogP contribution in [0.1, 0.15) is 5.69 Å². The molecule has 0 saturated heterocycles. The summed E-state index contributed by atoms with van der Waals surface area (Å²) in [5, 5.41) is 17.9. The van der Waals surface area contributed by atoms with Crippen LogP contribution in [-0.4, -0.2) is 60.2 Å². The van der Waals surface area contributed by atoms with Gasteiger partial charge in [0.2, 0.25) is 0 Å². The molecule has 0 aliphatic rings. The van der Waals surface area contributed by atoms with E-state index in [9.17, 15) is 0 Å². The minimum Gasteiger partial charge on any atom is -0.395 e. The molecule has 1 aromatic rings. The number of aliphatic hydroxyl groups is 2. The Labute approximate surface area is 101 Å². The Morgan fingerprint density at radius 2 is 1.94 bits per heavy atom. The van der Waals surface area contributed by atoms with E-state index in [0.29, 0.717) is 25.5 Å². The number of rotatable bonds is 8. The number of methoxy groups -OCH3 is 1. The van der Waals surface area contributed by atoms with E-state index in [-0.39, 0.29) is 13.2 Å². The van der Waals surface area contributed by atoms with E-state index in [4.69, 9.17) is 14.9 Å². The third-order valence-corrected chi connectivity index (χ3v) is 2.34. The number of aliphatic hydroxyl groups excluding tert-OH is 2. The summed E-state index contributed by atoms with van der Waals surface area (Å²) in [6.45, 7) is 1.55. The summed E-state index contributed by atoms with van der Waals surface area (Å²) in [6, 6.07) is 1.85. The third kappa shape index (κ3) is 4.64. The van der Waals surface area contributed by atoms with Gasteiger partial charge in [0.15, 0.2) is 0 Å². The lowest BCUT2D eigenvalue weighted by molar-refractivity contribution is 0.201. The average Bonchev–Trinajstić information content (AvgIpc) is 2.36. The van der Waals surface area contributed by atoms with E-state index in [0.717, 1.165) is 12.1 Å². The number of hydrogen-bond donors (Lipinski definition) is 2. The minimum absolute atomic E-state index is 0.0252. The van der Waals surface area contributed by atoms with Gasteiger partial charge in [0.1, 0.15) is 12.1 Å². The van der Waals surface area contributed by atoms with Crippen LogP contribution in [0, 0.1) is 0 Å². The minimum atomic E-state index is 0.0252. The molecular weight excluding hydrogens is 222 g/mol. The Kier molecular flexibility index (Phi) is 6.46. The van der Waals surface area contributed by atoms with Crippen molar-refractivity contribution >= 4 is 5.82 Å². The number of ether oxygens (including phenoxy) is 1. The molecule has 1 aromatic heterocycles. The highest BCUT2D eigenvalue weighted by Gasteiger charge is 2.07. The van der Waals surface area contributed by atoms with Gasteiger partial charge in [0.05, 0.1) is 19.8 Å². The molecule has 17 heavy (non-hydrogen) atoms. The number of hydrogen-bond acceptors (Lipinski definition) is 6. The SMILES string of the molecule is COCCc1cc(N(CCO)CCO)ncn1. The molecule has 1 heterocycles. The highest BCUT2D eigenvalue weighted by Crippen LogP contribution is 2.10. The van der Waals surface area contributed by atoms with Crippen molar-refractivity contribution in [3.63, 3.8) is 0 Å². The van der Waals surface area contributed by atoms with Crippen LogP contribution in [-0.2, 0) is 11.2 Å². The van der Waals surface area contributed by atoms with Crippen LogP contribution in [0.25, 0.3) is 0 Å². The predicted octanol–water partition coefficient (Wildman–Crippen LogP) is -0.544. The molecule has 0 bridgehead atoms. The Bertz CT molecular complexity index is 317. The molecule has 0 aliphatic carbocycles. The van der Waals surface area contributed by atoms with Gasteiger partial charge in [-0.25, -0.2) is 9.97 Å². The topological polar surface area (TPSA) is 78.7 Å². The second-order valence-corrected chi connectivity index (χ2v) is 3.54. The molecule has 6 nitrogen and oxygen atoms in total. The van der Waals surface area contributed by atoms with Gasteiger partial charge in [-0.15, -0.1) is 0 Å². The fourth-order valence-electron chi connectivity index (χ4n) is 1.48. The molecule has 0 saturated carbocycles. The van der Waals surface area contributed by atoms with Gasteiger partial charge in [-0.05, 0) is 0 Å². The molecule has 96 valence electrons. The zero-order valence-corrected chi connectivity index (χ0v) is 10.0. The van der Waals surface area contributed by atoms with Crippen LogP contribution in [0.3, 0.4) is 0 Å². The molecule has 0 unspecified atom stereocenters. The van der Waals surface area contributed by atoms with E-state index in [1.54, 1.807) is 7.11 Å². The Balaban J connectivity index is 2.72. The van der Waals surface area contributed by atoms with Crippen molar-refractivity contribution in [3.8, 4) is 0 Å². The maximum atomic E-state index is 8.95. The summed E-state index contributed by atoms with van der Waals surface area (Å²) in [4.78, 5) is 10.1. The van der Waals surface area contributed by atoms with Crippen LogP contribution in [0.2, 0.25) is 0 Å². The lowest BCUT2D eigenvalue weighted by Crippen LogP contribution is -2.30. The van der Waals surface area contributed by atoms with E-state index >= 15 is 0 Å². The first-order valence-electron chi connectivity index (χ1n) is 5.58. The summed E-state index contributed by atoms with van der Waals surface area (Å²) >= 11 is 0. The molecule has 0 radical (unpaired) electrons. The molecule has 0 amide bonds. The highest BCUT2D eigenvalue weighted by molar-refractivity contribution is 5.38. The number of nitrogens with zero attached hydrogens (tertiary/aromatic N) is 3. The van der Waals surface area contributed by atoms with Gasteiger partial charge >= 0.3 is 0 Å². The molecule has 1 rings (SSSR count). The Morgan fingerprint density at radius 1 is 1.24 bits per heavy atom.